The van der Waals surface area contributed by atoms with Crippen molar-refractivity contribution in [2.75, 3.05) is 13.2 Å². The SMILES string of the molecule is CCC(=O)O[C@H](CC)CC(=O)NC1[C@H](OCC2OC(O[Si](C)(C)C(C)(C)C)C(N=[N+]=[N-])[C@@H](OC(=O)C[C@H](C)CC)[C@@H]2C)OC(CO)[C@@H](OP2(=O)OCc3ccccc3CO2)[C@@H]1O. The van der Waals surface area contributed by atoms with Gasteiger partial charge in [-0.15, -0.1) is 0 Å². The molecule has 0 aliphatic carbocycles. The van der Waals surface area contributed by atoms with Gasteiger partial charge in [0.15, 0.2) is 20.9 Å². The summed E-state index contributed by atoms with van der Waals surface area (Å²) in [6.45, 7) is 17.8. The van der Waals surface area contributed by atoms with E-state index < -0.39 is 108 Å². The Labute approximate surface area is 365 Å². The van der Waals surface area contributed by atoms with Crippen molar-refractivity contribution in [2.45, 2.75) is 180 Å². The summed E-state index contributed by atoms with van der Waals surface area (Å²) in [5.41, 5.74) is 11.1. The Bertz CT molecular complexity index is 1730. The second-order valence-corrected chi connectivity index (χ2v) is 24.1. The third-order valence-corrected chi connectivity index (χ3v) is 17.9. The number of nitrogens with one attached hydrogen (secondary N) is 1. The number of nitrogens with zero attached hydrogens (tertiary/aromatic N) is 3. The first-order valence-corrected chi connectivity index (χ1v) is 25.8. The summed E-state index contributed by atoms with van der Waals surface area (Å²) in [6, 6.07) is 4.65. The molecule has 12 atom stereocenters. The van der Waals surface area contributed by atoms with Gasteiger partial charge in [-0.2, -0.15) is 0 Å². The lowest BCUT2D eigenvalue weighted by atomic mass is 9.89. The molecule has 350 valence electrons. The lowest BCUT2D eigenvalue weighted by molar-refractivity contribution is -0.288. The van der Waals surface area contributed by atoms with Crippen LogP contribution in [0.25, 0.3) is 10.4 Å². The van der Waals surface area contributed by atoms with Crippen LogP contribution in [0.4, 0.5) is 0 Å². The van der Waals surface area contributed by atoms with Crippen molar-refractivity contribution in [2.24, 2.45) is 17.0 Å². The average molecular weight is 915 g/mol. The summed E-state index contributed by atoms with van der Waals surface area (Å²) in [5.74, 6) is -2.26. The first kappa shape index (κ1) is 51.7. The number of benzene rings is 1. The fraction of sp³-hybridized carbons (Fsp3) is 0.780. The van der Waals surface area contributed by atoms with Crippen LogP contribution in [-0.2, 0) is 73.8 Å². The van der Waals surface area contributed by atoms with Gasteiger partial charge in [0.05, 0.1) is 39.0 Å². The Morgan fingerprint density at radius 3 is 2.18 bits per heavy atom. The Morgan fingerprint density at radius 1 is 1.00 bits per heavy atom. The maximum atomic E-state index is 14.0. The number of aliphatic hydroxyl groups is 2. The molecule has 5 unspecified atom stereocenters. The van der Waals surface area contributed by atoms with Gasteiger partial charge >= 0.3 is 19.8 Å². The van der Waals surface area contributed by atoms with Crippen LogP contribution in [0.1, 0.15) is 98.6 Å². The second kappa shape index (κ2) is 22.8. The zero-order valence-corrected chi connectivity index (χ0v) is 39.5. The molecule has 3 N–H and O–H groups in total. The summed E-state index contributed by atoms with van der Waals surface area (Å²) < 4.78 is 68.3. The van der Waals surface area contributed by atoms with E-state index >= 15 is 0 Å². The maximum absolute atomic E-state index is 14.0. The Balaban J connectivity index is 1.65. The number of ether oxygens (including phenoxy) is 5. The highest BCUT2D eigenvalue weighted by Gasteiger charge is 2.53. The Kier molecular flexibility index (Phi) is 19.0. The van der Waals surface area contributed by atoms with Gasteiger partial charge < -0.3 is 43.6 Å². The summed E-state index contributed by atoms with van der Waals surface area (Å²) in [4.78, 5) is 42.1. The number of esters is 2. The molecule has 0 radical (unpaired) electrons. The molecular weight excluding hydrogens is 848 g/mol. The minimum absolute atomic E-state index is 0.0326. The number of carbonyl (C=O) groups excluding carboxylic acids is 3. The number of aliphatic hydroxyl groups excluding tert-OH is 2. The van der Waals surface area contributed by atoms with E-state index in [1.807, 2.05) is 47.7 Å². The predicted molar refractivity (Wildman–Crippen MR) is 226 cm³/mol. The number of carbonyl (C=O) groups is 3. The third kappa shape index (κ3) is 13.5. The molecule has 21 heteroatoms. The largest absolute Gasteiger partial charge is 0.475 e. The average Bonchev–Trinajstić information content (AvgIpc) is 3.39. The molecule has 4 rings (SSSR count). The lowest BCUT2D eigenvalue weighted by Gasteiger charge is -2.48. The fourth-order valence-corrected chi connectivity index (χ4v) is 9.33. The second-order valence-electron chi connectivity index (χ2n) is 17.7. The minimum Gasteiger partial charge on any atom is -0.462 e. The zero-order chi connectivity index (χ0) is 46.0. The van der Waals surface area contributed by atoms with E-state index in [2.05, 4.69) is 15.3 Å². The van der Waals surface area contributed by atoms with E-state index in [4.69, 9.17) is 41.7 Å². The number of phosphoric acid groups is 1. The predicted octanol–water partition coefficient (Wildman–Crippen LogP) is 6.34. The van der Waals surface area contributed by atoms with Crippen molar-refractivity contribution in [3.8, 4) is 0 Å². The van der Waals surface area contributed by atoms with Crippen LogP contribution >= 0.6 is 7.82 Å². The summed E-state index contributed by atoms with van der Waals surface area (Å²) in [5, 5.41) is 29.0. The van der Waals surface area contributed by atoms with E-state index in [0.717, 1.165) is 17.5 Å². The maximum Gasteiger partial charge on any atom is 0.475 e. The van der Waals surface area contributed by atoms with E-state index in [1.165, 1.54) is 0 Å². The molecular formula is C41H67N4O15PSi. The van der Waals surface area contributed by atoms with Crippen LogP contribution < -0.4 is 5.32 Å². The number of hydrogen-bond donors (Lipinski definition) is 3. The smallest absolute Gasteiger partial charge is 0.462 e. The molecule has 3 heterocycles. The van der Waals surface area contributed by atoms with Gasteiger partial charge in [-0.05, 0) is 47.1 Å². The first-order chi connectivity index (χ1) is 29.2. The molecule has 2 fully saturated rings. The van der Waals surface area contributed by atoms with Gasteiger partial charge in [-0.25, -0.2) is 4.57 Å². The van der Waals surface area contributed by atoms with Crippen molar-refractivity contribution in [1.29, 1.82) is 0 Å². The monoisotopic (exact) mass is 914 g/mol. The van der Waals surface area contributed by atoms with Crippen molar-refractivity contribution in [3.63, 3.8) is 0 Å². The summed E-state index contributed by atoms with van der Waals surface area (Å²) >= 11 is 0. The molecule has 19 nitrogen and oxygen atoms in total. The van der Waals surface area contributed by atoms with Crippen LogP contribution in [0, 0.1) is 11.8 Å². The Hall–Kier alpha value is -2.97. The Morgan fingerprint density at radius 2 is 1.63 bits per heavy atom. The van der Waals surface area contributed by atoms with E-state index in [-0.39, 0.29) is 50.0 Å². The van der Waals surface area contributed by atoms with Gasteiger partial charge in [-0.1, -0.05) is 91.2 Å². The third-order valence-electron chi connectivity index (χ3n) is 12.1. The van der Waals surface area contributed by atoms with Crippen LogP contribution in [-0.4, -0.2) is 111 Å². The van der Waals surface area contributed by atoms with E-state index in [0.29, 0.717) is 6.42 Å². The van der Waals surface area contributed by atoms with Crippen LogP contribution in [0.2, 0.25) is 18.1 Å². The molecule has 0 spiro atoms. The molecule has 0 bridgehead atoms. The normalized spacial score (nSPS) is 29.8. The first-order valence-electron chi connectivity index (χ1n) is 21.5. The minimum atomic E-state index is -4.42. The van der Waals surface area contributed by atoms with Gasteiger partial charge in [0.2, 0.25) is 5.91 Å². The van der Waals surface area contributed by atoms with Crippen molar-refractivity contribution in [3.05, 3.63) is 45.8 Å². The van der Waals surface area contributed by atoms with Gasteiger partial charge in [0.25, 0.3) is 0 Å². The fourth-order valence-electron chi connectivity index (χ4n) is 6.85. The molecule has 3 aliphatic rings. The highest BCUT2D eigenvalue weighted by atomic mass is 31.2. The zero-order valence-electron chi connectivity index (χ0n) is 37.6. The van der Waals surface area contributed by atoms with E-state index in [9.17, 15) is 34.7 Å². The molecule has 3 aliphatic heterocycles. The van der Waals surface area contributed by atoms with Crippen LogP contribution in [0.3, 0.4) is 0 Å². The lowest BCUT2D eigenvalue weighted by Crippen LogP contribution is -2.66. The number of fused-ring (bicyclic) bond motifs is 1. The number of amides is 1. The van der Waals surface area contributed by atoms with Gasteiger partial charge in [-0.3, -0.25) is 28.0 Å². The topological polar surface area (TPSA) is 253 Å². The van der Waals surface area contributed by atoms with Crippen molar-refractivity contribution >= 4 is 34.0 Å². The highest BCUT2D eigenvalue weighted by Crippen LogP contribution is 2.55. The standard InChI is InChI=1S/C41H67N4O15PSi/c1-11-24(4)18-33(49)58-37-25(5)30(57-40(35(37)44-45-42)60-62(9,10)41(6,7)8)23-52-39-34(43-31(47)19-28(12-2)55-32(48)13-3)36(50)38(29(20-46)56-39)59-61(51)53-21-26-16-14-15-17-27(26)22-54-61/h14-17,24-25,28-30,34-40,46,50H,11-13,18-23H2,1-10H3,(H,43,47)/t24-,25-,28-,29?,30?,34?,35?,36-,37+,38-,39-,40?/m1/s1. The number of azide groups is 1. The van der Waals surface area contributed by atoms with Gasteiger partial charge in [0.1, 0.15) is 42.6 Å². The van der Waals surface area contributed by atoms with Crippen molar-refractivity contribution in [1.82, 2.24) is 5.32 Å². The molecule has 62 heavy (non-hydrogen) atoms. The van der Waals surface area contributed by atoms with E-state index in [1.54, 1.807) is 45.0 Å². The van der Waals surface area contributed by atoms with Gasteiger partial charge in [0, 0.05) is 23.7 Å². The molecule has 1 aromatic rings. The molecule has 0 saturated carbocycles. The molecule has 1 aromatic carbocycles. The quantitative estimate of drug-likeness (QED) is 0.0342. The molecule has 2 saturated heterocycles. The number of hydrogen-bond acceptors (Lipinski definition) is 16. The van der Waals surface area contributed by atoms with Crippen molar-refractivity contribution < 1.29 is 70.8 Å². The molecule has 1 amide bonds. The number of rotatable bonds is 19. The highest BCUT2D eigenvalue weighted by molar-refractivity contribution is 7.48. The number of phosphoric ester groups is 1. The van der Waals surface area contributed by atoms with Crippen LogP contribution in [0.15, 0.2) is 29.4 Å². The molecule has 0 aromatic heterocycles. The van der Waals surface area contributed by atoms with Crippen LogP contribution in [0.5, 0.6) is 0 Å². The summed E-state index contributed by atoms with van der Waals surface area (Å²) in [7, 11) is -7.03. The summed E-state index contributed by atoms with van der Waals surface area (Å²) in [6.07, 6.45) is -9.06.